The van der Waals surface area contributed by atoms with Crippen LogP contribution in [0.25, 0.3) is 0 Å². The Morgan fingerprint density at radius 2 is 2.00 bits per heavy atom. The molecule has 0 radical (unpaired) electrons. The van der Waals surface area contributed by atoms with Crippen LogP contribution >= 0.6 is 0 Å². The molecule has 0 amide bonds. The van der Waals surface area contributed by atoms with Crippen molar-refractivity contribution in [3.05, 3.63) is 0 Å². The zero-order valence-corrected chi connectivity index (χ0v) is 8.77. The molecule has 72 valence electrons. The lowest BCUT2D eigenvalue weighted by Gasteiger charge is -2.06. The molecule has 0 aliphatic heterocycles. The van der Waals surface area contributed by atoms with Crippen LogP contribution in [-0.4, -0.2) is 19.4 Å². The summed E-state index contributed by atoms with van der Waals surface area (Å²) in [5.74, 6) is 0. The number of nitrogens with zero attached hydrogens (tertiary/aromatic N) is 1. The number of hydrazone groups is 1. The standard InChI is InChI=1S/C7H16N2O2S/c1-5-7(4)8-9-12(10,11)6(2)3/h6,9H,5H2,1-4H3. The molecule has 0 aliphatic carbocycles. The van der Waals surface area contributed by atoms with Gasteiger partial charge in [0.2, 0.25) is 10.0 Å². The highest BCUT2D eigenvalue weighted by Gasteiger charge is 2.13. The minimum Gasteiger partial charge on any atom is -0.205 e. The third kappa shape index (κ3) is 3.71. The van der Waals surface area contributed by atoms with Gasteiger partial charge in [-0.15, -0.1) is 0 Å². The summed E-state index contributed by atoms with van der Waals surface area (Å²) in [5.41, 5.74) is 0.777. The fourth-order valence-corrected chi connectivity index (χ4v) is 0.820. The van der Waals surface area contributed by atoms with Crippen LogP contribution < -0.4 is 4.83 Å². The van der Waals surface area contributed by atoms with Gasteiger partial charge >= 0.3 is 0 Å². The predicted molar refractivity (Wildman–Crippen MR) is 50.6 cm³/mol. The van der Waals surface area contributed by atoms with Gasteiger partial charge in [0.05, 0.1) is 5.25 Å². The average molecular weight is 192 g/mol. The Morgan fingerprint density at radius 1 is 1.50 bits per heavy atom. The Hall–Kier alpha value is -0.580. The Morgan fingerprint density at radius 3 is 2.33 bits per heavy atom. The van der Waals surface area contributed by atoms with Gasteiger partial charge < -0.3 is 0 Å². The normalized spacial score (nSPS) is 13.6. The zero-order chi connectivity index (χ0) is 9.78. The number of sulfonamides is 1. The molecule has 0 heterocycles. The fraction of sp³-hybridized carbons (Fsp3) is 0.857. The van der Waals surface area contributed by atoms with E-state index < -0.39 is 15.3 Å². The van der Waals surface area contributed by atoms with Crippen molar-refractivity contribution < 1.29 is 8.42 Å². The molecule has 0 spiro atoms. The first-order chi connectivity index (χ1) is 5.40. The second-order valence-corrected chi connectivity index (χ2v) is 5.10. The summed E-state index contributed by atoms with van der Waals surface area (Å²) in [6.07, 6.45) is 0.751. The molecule has 1 N–H and O–H groups in total. The number of nitrogens with one attached hydrogen (secondary N) is 1. The molecule has 12 heavy (non-hydrogen) atoms. The Labute approximate surface area is 74.1 Å². The summed E-state index contributed by atoms with van der Waals surface area (Å²) < 4.78 is 22.3. The Balaban J connectivity index is 4.29. The molecule has 0 bridgehead atoms. The van der Waals surface area contributed by atoms with Gasteiger partial charge in [-0.05, 0) is 27.2 Å². The van der Waals surface area contributed by atoms with Crippen LogP contribution in [0.2, 0.25) is 0 Å². The van der Waals surface area contributed by atoms with Crippen molar-refractivity contribution in [2.45, 2.75) is 39.4 Å². The second kappa shape index (κ2) is 4.45. The summed E-state index contributed by atoms with van der Waals surface area (Å²) in [5, 5.41) is 3.28. The first kappa shape index (κ1) is 11.4. The third-order valence-electron chi connectivity index (χ3n) is 1.50. The van der Waals surface area contributed by atoms with E-state index in [2.05, 4.69) is 9.93 Å². The number of rotatable bonds is 4. The minimum atomic E-state index is -3.24. The van der Waals surface area contributed by atoms with Gasteiger partial charge in [-0.25, -0.2) is 13.2 Å². The quantitative estimate of drug-likeness (QED) is 0.535. The highest BCUT2D eigenvalue weighted by molar-refractivity contribution is 7.90. The first-order valence-electron chi connectivity index (χ1n) is 3.94. The van der Waals surface area contributed by atoms with Crippen molar-refractivity contribution in [3.63, 3.8) is 0 Å². The largest absolute Gasteiger partial charge is 0.249 e. The molecule has 0 rings (SSSR count). The fourth-order valence-electron chi connectivity index (χ4n) is 0.326. The molecule has 0 unspecified atom stereocenters. The van der Waals surface area contributed by atoms with E-state index in [4.69, 9.17) is 0 Å². The van der Waals surface area contributed by atoms with Crippen LogP contribution in [-0.2, 0) is 10.0 Å². The molecule has 0 saturated heterocycles. The molecular formula is C7H16N2O2S. The summed E-state index contributed by atoms with van der Waals surface area (Å²) in [6, 6.07) is 0. The van der Waals surface area contributed by atoms with Gasteiger partial charge in [0.1, 0.15) is 0 Å². The van der Waals surface area contributed by atoms with E-state index in [1.165, 1.54) is 0 Å². The van der Waals surface area contributed by atoms with Crippen molar-refractivity contribution in [1.82, 2.24) is 4.83 Å². The smallest absolute Gasteiger partial charge is 0.205 e. The van der Waals surface area contributed by atoms with Crippen molar-refractivity contribution >= 4 is 15.7 Å². The predicted octanol–water partition coefficient (Wildman–Crippen LogP) is 1.10. The van der Waals surface area contributed by atoms with Crippen molar-refractivity contribution in [2.24, 2.45) is 5.10 Å². The van der Waals surface area contributed by atoms with Gasteiger partial charge in [-0.2, -0.15) is 5.10 Å². The van der Waals surface area contributed by atoms with Gasteiger partial charge in [-0.1, -0.05) is 6.92 Å². The Bertz CT molecular complexity index is 255. The van der Waals surface area contributed by atoms with E-state index in [-0.39, 0.29) is 0 Å². The highest BCUT2D eigenvalue weighted by atomic mass is 32.2. The number of hydrogen-bond donors (Lipinski definition) is 1. The SMILES string of the molecule is CCC(C)=NNS(=O)(=O)C(C)C. The average Bonchev–Trinajstić information content (AvgIpc) is 2.00. The molecule has 5 heteroatoms. The van der Waals surface area contributed by atoms with Gasteiger partial charge in [-0.3, -0.25) is 0 Å². The van der Waals surface area contributed by atoms with E-state index in [1.54, 1.807) is 20.8 Å². The van der Waals surface area contributed by atoms with Crippen molar-refractivity contribution in [3.8, 4) is 0 Å². The zero-order valence-electron chi connectivity index (χ0n) is 7.96. The minimum absolute atomic E-state index is 0.439. The van der Waals surface area contributed by atoms with E-state index in [0.717, 1.165) is 12.1 Å². The maximum atomic E-state index is 11.1. The molecule has 0 aromatic heterocycles. The molecule has 0 atom stereocenters. The van der Waals surface area contributed by atoms with Gasteiger partial charge in [0.15, 0.2) is 0 Å². The van der Waals surface area contributed by atoms with Crippen LogP contribution in [0.5, 0.6) is 0 Å². The Kier molecular flexibility index (Phi) is 4.23. The molecule has 4 nitrogen and oxygen atoms in total. The second-order valence-electron chi connectivity index (χ2n) is 2.89. The molecule has 0 saturated carbocycles. The maximum Gasteiger partial charge on any atom is 0.249 e. The van der Waals surface area contributed by atoms with E-state index >= 15 is 0 Å². The molecular weight excluding hydrogens is 176 g/mol. The maximum absolute atomic E-state index is 11.1. The first-order valence-corrected chi connectivity index (χ1v) is 5.48. The summed E-state index contributed by atoms with van der Waals surface area (Å²) in [6.45, 7) is 6.92. The topological polar surface area (TPSA) is 58.5 Å². The van der Waals surface area contributed by atoms with E-state index in [0.29, 0.717) is 0 Å². The van der Waals surface area contributed by atoms with Crippen LogP contribution in [0.1, 0.15) is 34.1 Å². The van der Waals surface area contributed by atoms with E-state index in [1.807, 2.05) is 6.92 Å². The molecule has 0 fully saturated rings. The van der Waals surface area contributed by atoms with Crippen LogP contribution in [0.3, 0.4) is 0 Å². The lowest BCUT2D eigenvalue weighted by Crippen LogP contribution is -2.27. The highest BCUT2D eigenvalue weighted by Crippen LogP contribution is 1.95. The number of hydrogen-bond acceptors (Lipinski definition) is 3. The summed E-state index contributed by atoms with van der Waals surface area (Å²) >= 11 is 0. The lowest BCUT2D eigenvalue weighted by atomic mass is 10.3. The monoisotopic (exact) mass is 192 g/mol. The summed E-state index contributed by atoms with van der Waals surface area (Å²) in [7, 11) is -3.24. The van der Waals surface area contributed by atoms with Gasteiger partial charge in [0.25, 0.3) is 0 Å². The molecule has 0 aliphatic rings. The van der Waals surface area contributed by atoms with Crippen LogP contribution in [0, 0.1) is 0 Å². The van der Waals surface area contributed by atoms with Crippen molar-refractivity contribution in [2.75, 3.05) is 0 Å². The summed E-state index contributed by atoms with van der Waals surface area (Å²) in [4.78, 5) is 2.17. The molecule has 0 aromatic rings. The van der Waals surface area contributed by atoms with E-state index in [9.17, 15) is 8.42 Å². The third-order valence-corrected chi connectivity index (χ3v) is 3.08. The van der Waals surface area contributed by atoms with Gasteiger partial charge in [0, 0.05) is 5.71 Å². The van der Waals surface area contributed by atoms with Crippen LogP contribution in [0.4, 0.5) is 0 Å². The molecule has 0 aromatic carbocycles. The van der Waals surface area contributed by atoms with Crippen molar-refractivity contribution in [1.29, 1.82) is 0 Å². The van der Waals surface area contributed by atoms with Crippen LogP contribution in [0.15, 0.2) is 5.10 Å². The lowest BCUT2D eigenvalue weighted by molar-refractivity contribution is 0.575.